The van der Waals surface area contributed by atoms with Crippen molar-refractivity contribution in [2.24, 2.45) is 0 Å². The molecule has 0 unspecified atom stereocenters. The molecule has 1 aromatic heterocycles. The minimum atomic E-state index is -0.271. The van der Waals surface area contributed by atoms with E-state index in [9.17, 15) is 9.59 Å². The fourth-order valence-electron chi connectivity index (χ4n) is 1.20. The highest BCUT2D eigenvalue weighted by Gasteiger charge is 2.13. The maximum absolute atomic E-state index is 11.8. The van der Waals surface area contributed by atoms with Crippen molar-refractivity contribution < 1.29 is 14.3 Å². The number of thiophene rings is 1. The van der Waals surface area contributed by atoms with E-state index in [4.69, 9.17) is 4.74 Å². The van der Waals surface area contributed by atoms with Crippen LogP contribution < -0.4 is 0 Å². The van der Waals surface area contributed by atoms with Gasteiger partial charge in [0.2, 0.25) is 0 Å². The van der Waals surface area contributed by atoms with Crippen LogP contribution >= 0.6 is 11.3 Å². The molecule has 0 aliphatic rings. The summed E-state index contributed by atoms with van der Waals surface area (Å²) in [5.74, 6) is -0.335. The Morgan fingerprint density at radius 3 is 2.81 bits per heavy atom. The Labute approximate surface area is 98.8 Å². The van der Waals surface area contributed by atoms with Gasteiger partial charge in [-0.3, -0.25) is 9.59 Å². The molecule has 88 valence electrons. The van der Waals surface area contributed by atoms with Crippen molar-refractivity contribution in [1.29, 1.82) is 0 Å². The van der Waals surface area contributed by atoms with E-state index >= 15 is 0 Å². The van der Waals surface area contributed by atoms with Crippen LogP contribution in [0.2, 0.25) is 0 Å². The molecular weight excluding hydrogens is 226 g/mol. The van der Waals surface area contributed by atoms with Gasteiger partial charge in [0.1, 0.15) is 0 Å². The summed E-state index contributed by atoms with van der Waals surface area (Å²) >= 11 is 1.48. The van der Waals surface area contributed by atoms with Gasteiger partial charge in [0.15, 0.2) is 0 Å². The number of amides is 1. The number of carbonyl (C=O) groups excluding carboxylic acids is 2. The third kappa shape index (κ3) is 3.66. The minimum Gasteiger partial charge on any atom is -0.466 e. The van der Waals surface area contributed by atoms with Crippen LogP contribution in [0, 0.1) is 0 Å². The smallest absolute Gasteiger partial charge is 0.307 e. The summed E-state index contributed by atoms with van der Waals surface area (Å²) in [4.78, 5) is 24.4. The van der Waals surface area contributed by atoms with Crippen molar-refractivity contribution in [2.45, 2.75) is 13.3 Å². The molecule has 1 aromatic rings. The van der Waals surface area contributed by atoms with Crippen molar-refractivity contribution >= 4 is 23.2 Å². The molecule has 4 nitrogen and oxygen atoms in total. The zero-order valence-electron chi connectivity index (χ0n) is 9.43. The molecular formula is C11H15NO3S. The topological polar surface area (TPSA) is 46.6 Å². The first-order valence-corrected chi connectivity index (χ1v) is 6.02. The Kier molecular flexibility index (Phi) is 4.98. The van der Waals surface area contributed by atoms with Gasteiger partial charge >= 0.3 is 5.97 Å². The maximum atomic E-state index is 11.8. The summed E-state index contributed by atoms with van der Waals surface area (Å²) in [6, 6.07) is 1.77. The minimum absolute atomic E-state index is 0.0643. The first kappa shape index (κ1) is 12.7. The molecule has 0 aliphatic carbocycles. The summed E-state index contributed by atoms with van der Waals surface area (Å²) in [5.41, 5.74) is 0.663. The van der Waals surface area contributed by atoms with Crippen LogP contribution in [0.1, 0.15) is 23.7 Å². The highest BCUT2D eigenvalue weighted by atomic mass is 32.1. The van der Waals surface area contributed by atoms with Crippen molar-refractivity contribution in [3.8, 4) is 0 Å². The normalized spacial score (nSPS) is 9.88. The highest BCUT2D eigenvalue weighted by molar-refractivity contribution is 7.08. The Bertz CT molecular complexity index is 348. The SMILES string of the molecule is CCOC(=O)CCN(C)C(=O)c1ccsc1. The lowest BCUT2D eigenvalue weighted by molar-refractivity contribution is -0.143. The van der Waals surface area contributed by atoms with Gasteiger partial charge in [0, 0.05) is 19.0 Å². The molecule has 0 fully saturated rings. The summed E-state index contributed by atoms with van der Waals surface area (Å²) in [6.45, 7) is 2.52. The fourth-order valence-corrected chi connectivity index (χ4v) is 1.83. The lowest BCUT2D eigenvalue weighted by Crippen LogP contribution is -2.29. The predicted octanol–water partition coefficient (Wildman–Crippen LogP) is 1.77. The van der Waals surface area contributed by atoms with Gasteiger partial charge < -0.3 is 9.64 Å². The lowest BCUT2D eigenvalue weighted by Gasteiger charge is -2.15. The molecule has 0 spiro atoms. The van der Waals surface area contributed by atoms with Crippen LogP contribution in [0.3, 0.4) is 0 Å². The summed E-state index contributed by atoms with van der Waals surface area (Å²) in [7, 11) is 1.68. The molecule has 0 N–H and O–H groups in total. The molecule has 0 radical (unpaired) electrons. The van der Waals surface area contributed by atoms with Gasteiger partial charge in [-0.1, -0.05) is 0 Å². The standard InChI is InChI=1S/C11H15NO3S/c1-3-15-10(13)4-6-12(2)11(14)9-5-7-16-8-9/h5,7-8H,3-4,6H2,1-2H3. The second-order valence-corrected chi connectivity index (χ2v) is 4.07. The van der Waals surface area contributed by atoms with E-state index in [0.717, 1.165) is 0 Å². The number of carbonyl (C=O) groups is 2. The zero-order valence-corrected chi connectivity index (χ0v) is 10.3. The Balaban J connectivity index is 2.38. The molecule has 0 saturated heterocycles. The quantitative estimate of drug-likeness (QED) is 0.738. The van der Waals surface area contributed by atoms with Crippen LogP contribution in [-0.2, 0) is 9.53 Å². The summed E-state index contributed by atoms with van der Waals surface area (Å²) in [5, 5.41) is 3.65. The summed E-state index contributed by atoms with van der Waals surface area (Å²) < 4.78 is 4.79. The number of rotatable bonds is 5. The molecule has 0 aliphatic heterocycles. The molecule has 0 aromatic carbocycles. The third-order valence-electron chi connectivity index (χ3n) is 2.07. The predicted molar refractivity (Wildman–Crippen MR) is 62.5 cm³/mol. The maximum Gasteiger partial charge on any atom is 0.307 e. The second-order valence-electron chi connectivity index (χ2n) is 3.29. The number of nitrogens with zero attached hydrogens (tertiary/aromatic N) is 1. The van der Waals surface area contributed by atoms with Crippen LogP contribution in [0.15, 0.2) is 16.8 Å². The molecule has 16 heavy (non-hydrogen) atoms. The van der Waals surface area contributed by atoms with E-state index in [0.29, 0.717) is 18.7 Å². The lowest BCUT2D eigenvalue weighted by atomic mass is 10.3. The number of hydrogen-bond acceptors (Lipinski definition) is 4. The van der Waals surface area contributed by atoms with E-state index in [1.54, 1.807) is 25.4 Å². The number of ether oxygens (including phenoxy) is 1. The van der Waals surface area contributed by atoms with Crippen LogP contribution in [-0.4, -0.2) is 37.0 Å². The molecule has 0 saturated carbocycles. The Morgan fingerprint density at radius 2 is 2.25 bits per heavy atom. The number of esters is 1. The van der Waals surface area contributed by atoms with Crippen molar-refractivity contribution in [2.75, 3.05) is 20.2 Å². The van der Waals surface area contributed by atoms with Gasteiger partial charge in [-0.15, -0.1) is 0 Å². The van der Waals surface area contributed by atoms with E-state index in [1.807, 2.05) is 5.38 Å². The Morgan fingerprint density at radius 1 is 1.50 bits per heavy atom. The molecule has 1 rings (SSSR count). The average Bonchev–Trinajstić information content (AvgIpc) is 2.78. The largest absolute Gasteiger partial charge is 0.466 e. The molecule has 0 atom stereocenters. The first-order chi connectivity index (χ1) is 7.65. The van der Waals surface area contributed by atoms with Crippen molar-refractivity contribution in [3.05, 3.63) is 22.4 Å². The van der Waals surface area contributed by atoms with Crippen LogP contribution in [0.4, 0.5) is 0 Å². The Hall–Kier alpha value is -1.36. The second kappa shape index (κ2) is 6.27. The van der Waals surface area contributed by atoms with Gasteiger partial charge in [-0.05, 0) is 18.4 Å². The van der Waals surface area contributed by atoms with Crippen molar-refractivity contribution in [3.63, 3.8) is 0 Å². The molecule has 5 heteroatoms. The van der Waals surface area contributed by atoms with E-state index < -0.39 is 0 Å². The third-order valence-corrected chi connectivity index (χ3v) is 2.75. The molecule has 0 bridgehead atoms. The highest BCUT2D eigenvalue weighted by Crippen LogP contribution is 2.08. The first-order valence-electron chi connectivity index (χ1n) is 5.08. The van der Waals surface area contributed by atoms with Gasteiger partial charge in [-0.25, -0.2) is 0 Å². The van der Waals surface area contributed by atoms with E-state index in [-0.39, 0.29) is 18.3 Å². The molecule has 1 amide bonds. The fraction of sp³-hybridized carbons (Fsp3) is 0.455. The van der Waals surface area contributed by atoms with Crippen molar-refractivity contribution in [1.82, 2.24) is 4.90 Å². The van der Waals surface area contributed by atoms with Gasteiger partial charge in [0.25, 0.3) is 5.91 Å². The van der Waals surface area contributed by atoms with E-state index in [1.165, 1.54) is 16.2 Å². The summed E-state index contributed by atoms with van der Waals surface area (Å²) in [6.07, 6.45) is 0.236. The zero-order chi connectivity index (χ0) is 12.0. The molecule has 1 heterocycles. The van der Waals surface area contributed by atoms with Crippen LogP contribution in [0.5, 0.6) is 0 Å². The monoisotopic (exact) mass is 241 g/mol. The van der Waals surface area contributed by atoms with E-state index in [2.05, 4.69) is 0 Å². The van der Waals surface area contributed by atoms with Crippen LogP contribution in [0.25, 0.3) is 0 Å². The number of hydrogen-bond donors (Lipinski definition) is 0. The average molecular weight is 241 g/mol. The van der Waals surface area contributed by atoms with Gasteiger partial charge in [0.05, 0.1) is 18.6 Å². The van der Waals surface area contributed by atoms with Gasteiger partial charge in [-0.2, -0.15) is 11.3 Å².